The molecule has 0 spiro atoms. The van der Waals surface area contributed by atoms with Crippen molar-refractivity contribution in [2.45, 2.75) is 5.25 Å². The Labute approximate surface area is 122 Å². The maximum Gasteiger partial charge on any atom is 0.328 e. The van der Waals surface area contributed by atoms with Crippen LogP contribution in [-0.2, 0) is 9.59 Å². The SMILES string of the molecule is NC(=Nc1ccccc1Cl)SC1C(=O)NC(=O)NC1=O. The highest BCUT2D eigenvalue weighted by Gasteiger charge is 2.35. The number of thioether (sulfide) groups is 1. The minimum Gasteiger partial charge on any atom is -0.378 e. The van der Waals surface area contributed by atoms with E-state index in [0.717, 1.165) is 11.8 Å². The van der Waals surface area contributed by atoms with Crippen LogP contribution in [0.2, 0.25) is 5.02 Å². The summed E-state index contributed by atoms with van der Waals surface area (Å²) in [6.45, 7) is 0. The van der Waals surface area contributed by atoms with E-state index in [9.17, 15) is 14.4 Å². The van der Waals surface area contributed by atoms with Crippen molar-refractivity contribution in [1.82, 2.24) is 10.6 Å². The van der Waals surface area contributed by atoms with Gasteiger partial charge in [-0.05, 0) is 12.1 Å². The van der Waals surface area contributed by atoms with Crippen molar-refractivity contribution in [3.8, 4) is 0 Å². The topological polar surface area (TPSA) is 114 Å². The Hall–Kier alpha value is -2.06. The normalized spacial score (nSPS) is 16.9. The lowest BCUT2D eigenvalue weighted by atomic mass is 10.3. The van der Waals surface area contributed by atoms with Crippen molar-refractivity contribution < 1.29 is 14.4 Å². The molecule has 0 unspecified atom stereocenters. The van der Waals surface area contributed by atoms with E-state index < -0.39 is 23.1 Å². The molecule has 4 N–H and O–H groups in total. The molecule has 104 valence electrons. The van der Waals surface area contributed by atoms with E-state index in [0.29, 0.717) is 10.7 Å². The van der Waals surface area contributed by atoms with Crippen molar-refractivity contribution in [2.75, 3.05) is 0 Å². The van der Waals surface area contributed by atoms with E-state index in [1.807, 2.05) is 10.6 Å². The van der Waals surface area contributed by atoms with Gasteiger partial charge < -0.3 is 5.73 Å². The van der Waals surface area contributed by atoms with E-state index in [4.69, 9.17) is 17.3 Å². The summed E-state index contributed by atoms with van der Waals surface area (Å²) < 4.78 is 0. The number of aliphatic imine (C=N–C) groups is 1. The molecule has 0 bridgehead atoms. The lowest BCUT2D eigenvalue weighted by Gasteiger charge is -2.19. The Morgan fingerprint density at radius 1 is 1.20 bits per heavy atom. The third-order valence-corrected chi connectivity index (χ3v) is 3.59. The standard InChI is InChI=1S/C11H9ClN4O3S/c12-5-3-1-2-4-6(5)14-10(13)20-7-8(17)15-11(19)16-9(7)18/h1-4,7H,(H2,13,14)(H2,15,16,17,18,19). The Balaban J connectivity index is 2.13. The van der Waals surface area contributed by atoms with Crippen LogP contribution in [0.15, 0.2) is 29.3 Å². The van der Waals surface area contributed by atoms with Gasteiger partial charge in [0.1, 0.15) is 0 Å². The molecular formula is C11H9ClN4O3S. The quantitative estimate of drug-likeness (QED) is 0.424. The van der Waals surface area contributed by atoms with Gasteiger partial charge in [-0.1, -0.05) is 35.5 Å². The first kappa shape index (κ1) is 14.4. The summed E-state index contributed by atoms with van der Waals surface area (Å²) >= 11 is 6.65. The first-order valence-electron chi connectivity index (χ1n) is 5.38. The van der Waals surface area contributed by atoms with Gasteiger partial charge in [0, 0.05) is 0 Å². The van der Waals surface area contributed by atoms with E-state index in [1.165, 1.54) is 0 Å². The van der Waals surface area contributed by atoms with Crippen molar-refractivity contribution in [3.63, 3.8) is 0 Å². The molecule has 4 amide bonds. The first-order chi connectivity index (χ1) is 9.47. The molecule has 0 radical (unpaired) electrons. The Morgan fingerprint density at radius 3 is 2.40 bits per heavy atom. The van der Waals surface area contributed by atoms with E-state index in [2.05, 4.69) is 4.99 Å². The number of imide groups is 2. The minimum absolute atomic E-state index is 0.0113. The zero-order valence-electron chi connectivity index (χ0n) is 9.92. The minimum atomic E-state index is -1.17. The number of para-hydroxylation sites is 1. The van der Waals surface area contributed by atoms with Gasteiger partial charge in [0.15, 0.2) is 10.4 Å². The molecule has 1 heterocycles. The Kier molecular flexibility index (Phi) is 4.26. The number of hydrogen-bond acceptors (Lipinski definition) is 5. The molecule has 0 atom stereocenters. The number of amidine groups is 1. The highest BCUT2D eigenvalue weighted by molar-refractivity contribution is 8.15. The van der Waals surface area contributed by atoms with Crippen LogP contribution in [0, 0.1) is 0 Å². The molecule has 7 nitrogen and oxygen atoms in total. The molecule has 20 heavy (non-hydrogen) atoms. The highest BCUT2D eigenvalue weighted by Crippen LogP contribution is 2.25. The maximum atomic E-state index is 11.5. The van der Waals surface area contributed by atoms with Gasteiger partial charge in [0.2, 0.25) is 0 Å². The predicted octanol–water partition coefficient (Wildman–Crippen LogP) is 0.754. The fraction of sp³-hybridized carbons (Fsp3) is 0.0909. The number of barbiturate groups is 1. The number of halogens is 1. The Bertz CT molecular complexity index is 599. The van der Waals surface area contributed by atoms with Gasteiger partial charge in [-0.3, -0.25) is 20.2 Å². The van der Waals surface area contributed by atoms with E-state index in [-0.39, 0.29) is 5.17 Å². The third kappa shape index (κ3) is 3.28. The molecule has 1 aromatic rings. The van der Waals surface area contributed by atoms with Crippen LogP contribution in [0.5, 0.6) is 0 Å². The number of carbonyl (C=O) groups excluding carboxylic acids is 3. The molecule has 1 aliphatic heterocycles. The summed E-state index contributed by atoms with van der Waals surface area (Å²) in [5, 5.41) is 3.16. The van der Waals surface area contributed by atoms with Crippen molar-refractivity contribution in [2.24, 2.45) is 10.7 Å². The van der Waals surface area contributed by atoms with Crippen LogP contribution in [0.25, 0.3) is 0 Å². The molecule has 0 saturated carbocycles. The maximum absolute atomic E-state index is 11.5. The van der Waals surface area contributed by atoms with Crippen LogP contribution in [-0.4, -0.2) is 28.3 Å². The van der Waals surface area contributed by atoms with Crippen molar-refractivity contribution in [3.05, 3.63) is 29.3 Å². The number of benzene rings is 1. The number of urea groups is 1. The second-order valence-corrected chi connectivity index (χ2v) is 5.24. The monoisotopic (exact) mass is 312 g/mol. The molecule has 9 heteroatoms. The summed E-state index contributed by atoms with van der Waals surface area (Å²) in [5.74, 6) is -1.47. The fourth-order valence-electron chi connectivity index (χ4n) is 1.42. The molecule has 0 aromatic heterocycles. The highest BCUT2D eigenvalue weighted by atomic mass is 35.5. The lowest BCUT2D eigenvalue weighted by molar-refractivity contribution is -0.128. The van der Waals surface area contributed by atoms with E-state index in [1.54, 1.807) is 24.3 Å². The summed E-state index contributed by atoms with van der Waals surface area (Å²) in [5.41, 5.74) is 6.10. The zero-order chi connectivity index (χ0) is 14.7. The second-order valence-electron chi connectivity index (χ2n) is 3.71. The summed E-state index contributed by atoms with van der Waals surface area (Å²) in [7, 11) is 0. The molecule has 0 aliphatic carbocycles. The van der Waals surface area contributed by atoms with Gasteiger partial charge in [0.25, 0.3) is 11.8 Å². The smallest absolute Gasteiger partial charge is 0.328 e. The molecule has 1 saturated heterocycles. The van der Waals surface area contributed by atoms with Crippen LogP contribution >= 0.6 is 23.4 Å². The summed E-state index contributed by atoms with van der Waals surface area (Å²) in [4.78, 5) is 38.0. The first-order valence-corrected chi connectivity index (χ1v) is 6.64. The second kappa shape index (κ2) is 5.93. The van der Waals surface area contributed by atoms with Crippen LogP contribution < -0.4 is 16.4 Å². The van der Waals surface area contributed by atoms with E-state index >= 15 is 0 Å². The predicted molar refractivity (Wildman–Crippen MR) is 75.8 cm³/mol. The fourth-order valence-corrected chi connectivity index (χ4v) is 2.32. The molecule has 1 aromatic carbocycles. The molecule has 1 fully saturated rings. The average Bonchev–Trinajstić information content (AvgIpc) is 2.36. The largest absolute Gasteiger partial charge is 0.378 e. The van der Waals surface area contributed by atoms with Gasteiger partial charge in [-0.25, -0.2) is 9.79 Å². The summed E-state index contributed by atoms with van der Waals surface area (Å²) in [6.07, 6.45) is 0. The van der Waals surface area contributed by atoms with Crippen LogP contribution in [0.1, 0.15) is 0 Å². The van der Waals surface area contributed by atoms with Gasteiger partial charge in [-0.15, -0.1) is 0 Å². The number of nitrogens with one attached hydrogen (secondary N) is 2. The molecule has 1 aliphatic rings. The summed E-state index contributed by atoms with van der Waals surface area (Å²) in [6, 6.07) is 5.88. The number of nitrogens with two attached hydrogens (primary N) is 1. The number of carbonyl (C=O) groups is 3. The Morgan fingerprint density at radius 2 is 1.80 bits per heavy atom. The number of hydrogen-bond donors (Lipinski definition) is 3. The third-order valence-electron chi connectivity index (χ3n) is 2.27. The molecule has 2 rings (SSSR count). The number of rotatable bonds is 2. The van der Waals surface area contributed by atoms with Gasteiger partial charge in [-0.2, -0.15) is 0 Å². The van der Waals surface area contributed by atoms with Crippen LogP contribution in [0.3, 0.4) is 0 Å². The number of nitrogens with zero attached hydrogens (tertiary/aromatic N) is 1. The van der Waals surface area contributed by atoms with Crippen LogP contribution in [0.4, 0.5) is 10.5 Å². The average molecular weight is 313 g/mol. The number of amides is 4. The lowest BCUT2D eigenvalue weighted by Crippen LogP contribution is -2.57. The van der Waals surface area contributed by atoms with Gasteiger partial charge >= 0.3 is 6.03 Å². The van der Waals surface area contributed by atoms with Gasteiger partial charge in [0.05, 0.1) is 10.7 Å². The zero-order valence-corrected chi connectivity index (χ0v) is 11.5. The van der Waals surface area contributed by atoms with Crippen molar-refractivity contribution in [1.29, 1.82) is 0 Å². The van der Waals surface area contributed by atoms with Crippen molar-refractivity contribution >= 4 is 52.1 Å². The molecular weight excluding hydrogens is 304 g/mol.